The molecule has 0 spiro atoms. The van der Waals surface area contributed by atoms with Crippen LogP contribution in [0.15, 0.2) is 42.7 Å². The first-order valence-corrected chi connectivity index (χ1v) is 7.50. The standard InChI is InChI=1S/C17H19ClN2/c1-12-10-19-9-8-15(12)11-20-17(13-2-3-13)14-4-6-16(18)7-5-14/h4-10,13,17,20H,2-3,11H2,1H3. The van der Waals surface area contributed by atoms with Crippen LogP contribution in [0.2, 0.25) is 5.02 Å². The molecule has 1 unspecified atom stereocenters. The Morgan fingerprint density at radius 2 is 2.00 bits per heavy atom. The van der Waals surface area contributed by atoms with Gasteiger partial charge in [0, 0.05) is 30.0 Å². The highest BCUT2D eigenvalue weighted by atomic mass is 35.5. The first-order chi connectivity index (χ1) is 9.74. The maximum Gasteiger partial charge on any atom is 0.0406 e. The summed E-state index contributed by atoms with van der Waals surface area (Å²) in [7, 11) is 0. The summed E-state index contributed by atoms with van der Waals surface area (Å²) in [6.07, 6.45) is 6.41. The normalized spacial score (nSPS) is 16.1. The third-order valence-corrected chi connectivity index (χ3v) is 4.22. The van der Waals surface area contributed by atoms with Gasteiger partial charge in [-0.3, -0.25) is 4.98 Å². The van der Waals surface area contributed by atoms with Crippen LogP contribution in [0.4, 0.5) is 0 Å². The molecule has 0 bridgehead atoms. The quantitative estimate of drug-likeness (QED) is 0.887. The summed E-state index contributed by atoms with van der Waals surface area (Å²) in [5, 5.41) is 4.50. The van der Waals surface area contributed by atoms with Crippen LogP contribution in [0.1, 0.15) is 35.6 Å². The van der Waals surface area contributed by atoms with Crippen molar-refractivity contribution in [1.82, 2.24) is 10.3 Å². The van der Waals surface area contributed by atoms with Gasteiger partial charge in [-0.1, -0.05) is 23.7 Å². The predicted molar refractivity (Wildman–Crippen MR) is 82.7 cm³/mol. The first-order valence-electron chi connectivity index (χ1n) is 7.12. The first kappa shape index (κ1) is 13.6. The van der Waals surface area contributed by atoms with Crippen LogP contribution in [0, 0.1) is 12.8 Å². The molecule has 1 aromatic carbocycles. The third-order valence-electron chi connectivity index (χ3n) is 3.97. The summed E-state index contributed by atoms with van der Waals surface area (Å²) in [5.74, 6) is 0.762. The van der Waals surface area contributed by atoms with Crippen molar-refractivity contribution < 1.29 is 0 Å². The number of pyridine rings is 1. The molecule has 0 radical (unpaired) electrons. The van der Waals surface area contributed by atoms with E-state index in [1.807, 2.05) is 24.5 Å². The highest BCUT2D eigenvalue weighted by Crippen LogP contribution is 2.41. The molecule has 1 aliphatic rings. The number of hydrogen-bond donors (Lipinski definition) is 1. The fourth-order valence-corrected chi connectivity index (χ4v) is 2.70. The number of nitrogens with one attached hydrogen (secondary N) is 1. The second-order valence-corrected chi connectivity index (χ2v) is 5.99. The summed E-state index contributed by atoms with van der Waals surface area (Å²) >= 11 is 5.98. The second kappa shape index (κ2) is 5.94. The van der Waals surface area contributed by atoms with Crippen molar-refractivity contribution >= 4 is 11.6 Å². The molecule has 3 heteroatoms. The lowest BCUT2D eigenvalue weighted by Gasteiger charge is -2.19. The van der Waals surface area contributed by atoms with Crippen molar-refractivity contribution in [2.45, 2.75) is 32.4 Å². The Morgan fingerprint density at radius 1 is 1.25 bits per heavy atom. The van der Waals surface area contributed by atoms with Crippen molar-refractivity contribution in [3.63, 3.8) is 0 Å². The van der Waals surface area contributed by atoms with E-state index in [-0.39, 0.29) is 0 Å². The van der Waals surface area contributed by atoms with Crippen molar-refractivity contribution in [3.05, 3.63) is 64.4 Å². The summed E-state index contributed by atoms with van der Waals surface area (Å²) in [5.41, 5.74) is 3.90. The summed E-state index contributed by atoms with van der Waals surface area (Å²) in [6.45, 7) is 3.00. The van der Waals surface area contributed by atoms with Gasteiger partial charge in [0.2, 0.25) is 0 Å². The molecule has 1 heterocycles. The van der Waals surface area contributed by atoms with Crippen molar-refractivity contribution in [3.8, 4) is 0 Å². The number of aromatic nitrogens is 1. The Balaban J connectivity index is 1.72. The highest BCUT2D eigenvalue weighted by molar-refractivity contribution is 6.30. The highest BCUT2D eigenvalue weighted by Gasteiger charge is 2.31. The predicted octanol–water partition coefficient (Wildman–Crippen LogP) is 4.28. The van der Waals surface area contributed by atoms with E-state index in [0.717, 1.165) is 17.5 Å². The van der Waals surface area contributed by atoms with Crippen LogP contribution in [0.5, 0.6) is 0 Å². The number of rotatable bonds is 5. The van der Waals surface area contributed by atoms with E-state index in [4.69, 9.17) is 11.6 Å². The lowest BCUT2D eigenvalue weighted by Crippen LogP contribution is -2.23. The van der Waals surface area contributed by atoms with E-state index in [1.165, 1.54) is 29.5 Å². The molecule has 3 rings (SSSR count). The number of hydrogen-bond acceptors (Lipinski definition) is 2. The van der Waals surface area contributed by atoms with Gasteiger partial charge in [-0.15, -0.1) is 0 Å². The van der Waals surface area contributed by atoms with Gasteiger partial charge in [0.05, 0.1) is 0 Å². The molecule has 0 saturated heterocycles. The Kier molecular flexibility index (Phi) is 4.04. The summed E-state index contributed by atoms with van der Waals surface area (Å²) in [6, 6.07) is 10.8. The van der Waals surface area contributed by atoms with Gasteiger partial charge in [0.1, 0.15) is 0 Å². The maximum absolute atomic E-state index is 5.98. The van der Waals surface area contributed by atoms with E-state index in [2.05, 4.69) is 35.4 Å². The lowest BCUT2D eigenvalue weighted by atomic mass is 10.0. The smallest absolute Gasteiger partial charge is 0.0406 e. The zero-order chi connectivity index (χ0) is 13.9. The van der Waals surface area contributed by atoms with E-state index < -0.39 is 0 Å². The molecular weight excluding hydrogens is 268 g/mol. The summed E-state index contributed by atoms with van der Waals surface area (Å²) < 4.78 is 0. The molecule has 20 heavy (non-hydrogen) atoms. The topological polar surface area (TPSA) is 24.9 Å². The van der Waals surface area contributed by atoms with Gasteiger partial charge in [0.25, 0.3) is 0 Å². The molecule has 2 nitrogen and oxygen atoms in total. The molecule has 0 amide bonds. The molecule has 0 aliphatic heterocycles. The molecule has 1 fully saturated rings. The van der Waals surface area contributed by atoms with E-state index in [1.54, 1.807) is 0 Å². The number of halogens is 1. The molecule has 1 N–H and O–H groups in total. The molecule has 1 atom stereocenters. The van der Waals surface area contributed by atoms with Crippen LogP contribution >= 0.6 is 11.6 Å². The Hall–Kier alpha value is -1.38. The van der Waals surface area contributed by atoms with E-state index >= 15 is 0 Å². The fourth-order valence-electron chi connectivity index (χ4n) is 2.58. The van der Waals surface area contributed by atoms with Gasteiger partial charge in [-0.2, -0.15) is 0 Å². The SMILES string of the molecule is Cc1cnccc1CNC(c1ccc(Cl)cc1)C1CC1. The summed E-state index contributed by atoms with van der Waals surface area (Å²) in [4.78, 5) is 4.14. The lowest BCUT2D eigenvalue weighted by molar-refractivity contribution is 0.479. The van der Waals surface area contributed by atoms with Gasteiger partial charge >= 0.3 is 0 Å². The number of benzene rings is 1. The largest absolute Gasteiger partial charge is 0.306 e. The van der Waals surface area contributed by atoms with E-state index in [0.29, 0.717) is 6.04 Å². The minimum Gasteiger partial charge on any atom is -0.306 e. The minimum absolute atomic E-state index is 0.430. The molecule has 104 valence electrons. The van der Waals surface area contributed by atoms with Crippen LogP contribution < -0.4 is 5.32 Å². The molecular formula is C17H19ClN2. The van der Waals surface area contributed by atoms with Crippen LogP contribution in [0.25, 0.3) is 0 Å². The monoisotopic (exact) mass is 286 g/mol. The average molecular weight is 287 g/mol. The van der Waals surface area contributed by atoms with Crippen LogP contribution in [-0.4, -0.2) is 4.98 Å². The van der Waals surface area contributed by atoms with E-state index in [9.17, 15) is 0 Å². The Labute approximate surface area is 125 Å². The van der Waals surface area contributed by atoms with Gasteiger partial charge in [-0.25, -0.2) is 0 Å². The molecule has 2 aromatic rings. The maximum atomic E-state index is 5.98. The minimum atomic E-state index is 0.430. The Bertz CT molecular complexity index is 576. The zero-order valence-corrected chi connectivity index (χ0v) is 12.4. The van der Waals surface area contributed by atoms with Crippen LogP contribution in [-0.2, 0) is 6.54 Å². The van der Waals surface area contributed by atoms with Gasteiger partial charge in [0.15, 0.2) is 0 Å². The Morgan fingerprint density at radius 3 is 2.65 bits per heavy atom. The number of nitrogens with zero attached hydrogens (tertiary/aromatic N) is 1. The van der Waals surface area contributed by atoms with Crippen molar-refractivity contribution in [2.24, 2.45) is 5.92 Å². The third kappa shape index (κ3) is 3.20. The van der Waals surface area contributed by atoms with Gasteiger partial charge < -0.3 is 5.32 Å². The van der Waals surface area contributed by atoms with Crippen molar-refractivity contribution in [1.29, 1.82) is 0 Å². The molecule has 1 saturated carbocycles. The molecule has 1 aromatic heterocycles. The zero-order valence-electron chi connectivity index (χ0n) is 11.6. The van der Waals surface area contributed by atoms with Gasteiger partial charge in [-0.05, 0) is 60.6 Å². The van der Waals surface area contributed by atoms with Crippen molar-refractivity contribution in [2.75, 3.05) is 0 Å². The average Bonchev–Trinajstić information content (AvgIpc) is 3.27. The second-order valence-electron chi connectivity index (χ2n) is 5.55. The number of aryl methyl sites for hydroxylation is 1. The van der Waals surface area contributed by atoms with Crippen LogP contribution in [0.3, 0.4) is 0 Å². The fraction of sp³-hybridized carbons (Fsp3) is 0.353. The molecule has 1 aliphatic carbocycles.